The Hall–Kier alpha value is -1.95. The number of amides is 1. The van der Waals surface area contributed by atoms with Crippen molar-refractivity contribution in [3.8, 4) is 0 Å². The van der Waals surface area contributed by atoms with E-state index in [1.54, 1.807) is 23.5 Å². The Balaban J connectivity index is 1.87. The highest BCUT2D eigenvalue weighted by Gasteiger charge is 2.12. The molecule has 0 fully saturated rings. The van der Waals surface area contributed by atoms with E-state index in [-0.39, 0.29) is 11.9 Å². The largest absolute Gasteiger partial charge is 0.369 e. The summed E-state index contributed by atoms with van der Waals surface area (Å²) in [6.07, 6.45) is 1.84. The molecule has 0 aliphatic rings. The van der Waals surface area contributed by atoms with Crippen LogP contribution in [-0.2, 0) is 6.42 Å². The number of carbonyl (C=O) groups excluding carboxylic acids is 1. The van der Waals surface area contributed by atoms with Crippen LogP contribution in [-0.4, -0.2) is 28.7 Å². The molecule has 2 aromatic rings. The highest BCUT2D eigenvalue weighted by molar-refractivity contribution is 7.07. The zero-order valence-corrected chi connectivity index (χ0v) is 13.1. The van der Waals surface area contributed by atoms with E-state index in [9.17, 15) is 4.79 Å². The molecular formula is C15H20N4OS. The van der Waals surface area contributed by atoms with Gasteiger partial charge in [-0.15, -0.1) is 10.2 Å². The molecule has 2 heterocycles. The minimum Gasteiger partial charge on any atom is -0.369 e. The molecule has 2 aromatic heterocycles. The molecule has 0 saturated carbocycles. The van der Waals surface area contributed by atoms with Gasteiger partial charge in [0.25, 0.3) is 5.91 Å². The molecule has 0 aromatic carbocycles. The second kappa shape index (κ2) is 7.73. The zero-order valence-electron chi connectivity index (χ0n) is 12.3. The number of hydrogen-bond acceptors (Lipinski definition) is 5. The highest BCUT2D eigenvalue weighted by Crippen LogP contribution is 2.09. The maximum Gasteiger partial charge on any atom is 0.272 e. The van der Waals surface area contributed by atoms with Crippen molar-refractivity contribution < 1.29 is 4.79 Å². The summed E-state index contributed by atoms with van der Waals surface area (Å²) in [4.78, 5) is 12.1. The molecule has 1 unspecified atom stereocenters. The van der Waals surface area contributed by atoms with Crippen LogP contribution in [0.2, 0.25) is 0 Å². The van der Waals surface area contributed by atoms with Crippen molar-refractivity contribution in [2.45, 2.75) is 32.7 Å². The summed E-state index contributed by atoms with van der Waals surface area (Å²) < 4.78 is 0. The van der Waals surface area contributed by atoms with E-state index < -0.39 is 0 Å². The lowest BCUT2D eigenvalue weighted by Gasteiger charge is -2.12. The monoisotopic (exact) mass is 304 g/mol. The molecule has 0 aliphatic heterocycles. The Kier molecular flexibility index (Phi) is 5.68. The lowest BCUT2D eigenvalue weighted by Crippen LogP contribution is -2.34. The minimum absolute atomic E-state index is 0.0618. The van der Waals surface area contributed by atoms with Gasteiger partial charge in [-0.05, 0) is 54.3 Å². The first kappa shape index (κ1) is 15.4. The number of thiophene rings is 1. The molecule has 0 saturated heterocycles. The summed E-state index contributed by atoms with van der Waals surface area (Å²) in [6, 6.07) is 5.60. The predicted octanol–water partition coefficient (Wildman–Crippen LogP) is 2.72. The number of hydrogen-bond donors (Lipinski definition) is 2. The van der Waals surface area contributed by atoms with Crippen LogP contribution in [0.1, 0.15) is 36.3 Å². The fourth-order valence-corrected chi connectivity index (χ4v) is 2.59. The number of anilines is 1. The van der Waals surface area contributed by atoms with Gasteiger partial charge in [-0.2, -0.15) is 11.3 Å². The van der Waals surface area contributed by atoms with E-state index in [0.717, 1.165) is 19.4 Å². The molecular weight excluding hydrogens is 284 g/mol. The van der Waals surface area contributed by atoms with E-state index in [0.29, 0.717) is 11.5 Å². The lowest BCUT2D eigenvalue weighted by atomic mass is 10.1. The van der Waals surface area contributed by atoms with Gasteiger partial charge in [0.2, 0.25) is 0 Å². The highest BCUT2D eigenvalue weighted by atomic mass is 32.1. The first-order valence-electron chi connectivity index (χ1n) is 7.08. The molecule has 1 atom stereocenters. The summed E-state index contributed by atoms with van der Waals surface area (Å²) in [6.45, 7) is 4.91. The average molecular weight is 304 g/mol. The molecule has 1 amide bonds. The molecule has 0 spiro atoms. The number of aromatic nitrogens is 2. The Bertz CT molecular complexity index is 554. The van der Waals surface area contributed by atoms with Crippen molar-refractivity contribution in [1.82, 2.24) is 15.5 Å². The van der Waals surface area contributed by atoms with E-state index in [4.69, 9.17) is 0 Å². The van der Waals surface area contributed by atoms with Crippen LogP contribution < -0.4 is 10.6 Å². The molecule has 0 radical (unpaired) electrons. The third-order valence-corrected chi connectivity index (χ3v) is 3.68. The molecule has 5 nitrogen and oxygen atoms in total. The number of nitrogens with one attached hydrogen (secondary N) is 2. The van der Waals surface area contributed by atoms with E-state index in [2.05, 4.69) is 39.2 Å². The molecule has 21 heavy (non-hydrogen) atoms. The maximum absolute atomic E-state index is 12.1. The van der Waals surface area contributed by atoms with Crippen molar-refractivity contribution in [3.05, 3.63) is 40.2 Å². The fourth-order valence-electron chi connectivity index (χ4n) is 1.91. The molecule has 2 rings (SSSR count). The van der Waals surface area contributed by atoms with E-state index in [1.165, 1.54) is 5.56 Å². The van der Waals surface area contributed by atoms with Crippen LogP contribution in [0.15, 0.2) is 29.0 Å². The zero-order chi connectivity index (χ0) is 15.1. The Labute approximate surface area is 128 Å². The molecule has 6 heteroatoms. The van der Waals surface area contributed by atoms with Crippen molar-refractivity contribution in [2.75, 3.05) is 11.9 Å². The predicted molar refractivity (Wildman–Crippen MR) is 85.8 cm³/mol. The quantitative estimate of drug-likeness (QED) is 0.825. The summed E-state index contributed by atoms with van der Waals surface area (Å²) in [5.74, 6) is 0.506. The second-order valence-electron chi connectivity index (χ2n) is 4.94. The van der Waals surface area contributed by atoms with E-state index >= 15 is 0 Å². The first-order valence-corrected chi connectivity index (χ1v) is 8.03. The molecule has 0 bridgehead atoms. The molecule has 2 N–H and O–H groups in total. The lowest BCUT2D eigenvalue weighted by molar-refractivity contribution is 0.0934. The molecule has 0 aliphatic carbocycles. The van der Waals surface area contributed by atoms with Gasteiger partial charge in [0.15, 0.2) is 5.69 Å². The smallest absolute Gasteiger partial charge is 0.272 e. The average Bonchev–Trinajstić information content (AvgIpc) is 2.98. The van der Waals surface area contributed by atoms with Gasteiger partial charge in [-0.25, -0.2) is 0 Å². The van der Waals surface area contributed by atoms with Gasteiger partial charge < -0.3 is 10.6 Å². The Morgan fingerprint density at radius 2 is 2.19 bits per heavy atom. The second-order valence-corrected chi connectivity index (χ2v) is 5.72. The number of carbonyl (C=O) groups is 1. The first-order chi connectivity index (χ1) is 10.2. The number of nitrogens with zero attached hydrogens (tertiary/aromatic N) is 2. The van der Waals surface area contributed by atoms with Gasteiger partial charge in [-0.1, -0.05) is 6.92 Å². The van der Waals surface area contributed by atoms with Gasteiger partial charge in [0.1, 0.15) is 5.82 Å². The summed E-state index contributed by atoms with van der Waals surface area (Å²) in [5, 5.41) is 18.2. The van der Waals surface area contributed by atoms with Crippen molar-refractivity contribution in [3.63, 3.8) is 0 Å². The Morgan fingerprint density at radius 3 is 2.81 bits per heavy atom. The maximum atomic E-state index is 12.1. The van der Waals surface area contributed by atoms with Crippen LogP contribution >= 0.6 is 11.3 Å². The van der Waals surface area contributed by atoms with Crippen molar-refractivity contribution in [2.24, 2.45) is 0 Å². The SMILES string of the molecule is CCCNc1ccc(C(=O)NC(C)Cc2ccsc2)nn1. The third-order valence-electron chi connectivity index (χ3n) is 2.95. The van der Waals surface area contributed by atoms with Gasteiger partial charge in [0.05, 0.1) is 0 Å². The standard InChI is InChI=1S/C15H20N4OS/c1-3-7-16-14-5-4-13(18-19-14)15(20)17-11(2)9-12-6-8-21-10-12/h4-6,8,10-11H,3,7,9H2,1-2H3,(H,16,19)(H,17,20). The van der Waals surface area contributed by atoms with Gasteiger partial charge in [0, 0.05) is 12.6 Å². The molecule has 112 valence electrons. The van der Waals surface area contributed by atoms with Crippen molar-refractivity contribution >= 4 is 23.1 Å². The van der Waals surface area contributed by atoms with E-state index in [1.807, 2.05) is 12.3 Å². The van der Waals surface area contributed by atoms with Crippen LogP contribution in [0, 0.1) is 0 Å². The van der Waals surface area contributed by atoms with Crippen LogP contribution in [0.5, 0.6) is 0 Å². The van der Waals surface area contributed by atoms with Crippen LogP contribution in [0.4, 0.5) is 5.82 Å². The summed E-state index contributed by atoms with van der Waals surface area (Å²) in [7, 11) is 0. The summed E-state index contributed by atoms with van der Waals surface area (Å²) >= 11 is 1.66. The van der Waals surface area contributed by atoms with Crippen LogP contribution in [0.3, 0.4) is 0 Å². The summed E-state index contributed by atoms with van der Waals surface area (Å²) in [5.41, 5.74) is 1.58. The van der Waals surface area contributed by atoms with Crippen molar-refractivity contribution in [1.29, 1.82) is 0 Å². The number of rotatable bonds is 7. The van der Waals surface area contributed by atoms with Gasteiger partial charge >= 0.3 is 0 Å². The Morgan fingerprint density at radius 1 is 1.33 bits per heavy atom. The normalized spacial score (nSPS) is 11.9. The topological polar surface area (TPSA) is 66.9 Å². The fraction of sp³-hybridized carbons (Fsp3) is 0.400. The third kappa shape index (κ3) is 4.82. The minimum atomic E-state index is -0.188. The van der Waals surface area contributed by atoms with Crippen LogP contribution in [0.25, 0.3) is 0 Å². The van der Waals surface area contributed by atoms with Gasteiger partial charge in [-0.3, -0.25) is 4.79 Å².